The van der Waals surface area contributed by atoms with Gasteiger partial charge in [0, 0.05) is 38.3 Å². The van der Waals surface area contributed by atoms with E-state index in [-0.39, 0.29) is 11.8 Å². The molecular weight excluding hydrogens is 378 g/mol. The van der Waals surface area contributed by atoms with Crippen LogP contribution in [0.2, 0.25) is 0 Å². The van der Waals surface area contributed by atoms with E-state index < -0.39 is 0 Å². The third-order valence-corrected chi connectivity index (χ3v) is 5.38. The van der Waals surface area contributed by atoms with Gasteiger partial charge in [0.2, 0.25) is 5.91 Å². The van der Waals surface area contributed by atoms with Gasteiger partial charge in [-0.05, 0) is 49.6 Å². The first-order valence-electron chi connectivity index (χ1n) is 10.5. The summed E-state index contributed by atoms with van der Waals surface area (Å²) in [4.78, 5) is 29.2. The molecule has 0 atom stereocenters. The Kier molecular flexibility index (Phi) is 7.85. The summed E-state index contributed by atoms with van der Waals surface area (Å²) in [7, 11) is 1.65. The second-order valence-electron chi connectivity index (χ2n) is 7.74. The number of aryl methyl sites for hydroxylation is 1. The number of hydrogen-bond acceptors (Lipinski definition) is 4. The van der Waals surface area contributed by atoms with Crippen molar-refractivity contribution in [3.63, 3.8) is 0 Å². The first-order chi connectivity index (χ1) is 14.5. The van der Waals surface area contributed by atoms with E-state index in [0.717, 1.165) is 48.4 Å². The van der Waals surface area contributed by atoms with Crippen LogP contribution in [0.3, 0.4) is 0 Å². The number of benzene rings is 2. The monoisotopic (exact) mass is 409 g/mol. The lowest BCUT2D eigenvalue weighted by Crippen LogP contribution is -2.40. The van der Waals surface area contributed by atoms with Gasteiger partial charge in [-0.1, -0.05) is 29.8 Å². The van der Waals surface area contributed by atoms with Crippen molar-refractivity contribution in [3.8, 4) is 5.75 Å². The highest BCUT2D eigenvalue weighted by atomic mass is 16.5. The van der Waals surface area contributed by atoms with E-state index in [1.807, 2.05) is 60.4 Å². The average Bonchev–Trinajstić information content (AvgIpc) is 2.99. The molecule has 2 aromatic rings. The molecule has 1 N–H and O–H groups in total. The minimum absolute atomic E-state index is 0.0244. The molecule has 1 aliphatic heterocycles. The van der Waals surface area contributed by atoms with Gasteiger partial charge in [0.1, 0.15) is 5.75 Å². The van der Waals surface area contributed by atoms with Crippen LogP contribution in [0.25, 0.3) is 0 Å². The average molecular weight is 410 g/mol. The third kappa shape index (κ3) is 6.32. The quantitative estimate of drug-likeness (QED) is 0.763. The molecule has 1 aliphatic rings. The van der Waals surface area contributed by atoms with Crippen molar-refractivity contribution >= 4 is 11.8 Å². The predicted molar refractivity (Wildman–Crippen MR) is 118 cm³/mol. The van der Waals surface area contributed by atoms with Gasteiger partial charge in [-0.2, -0.15) is 0 Å². The minimum atomic E-state index is 0.0244. The SMILES string of the molecule is COc1cccc(CCNC(=O)CN2CCCN(C(=O)c3cccc(C)c3)CC2)c1. The second kappa shape index (κ2) is 10.8. The lowest BCUT2D eigenvalue weighted by Gasteiger charge is -2.22. The molecule has 0 radical (unpaired) electrons. The van der Waals surface area contributed by atoms with Crippen LogP contribution in [0.15, 0.2) is 48.5 Å². The highest BCUT2D eigenvalue weighted by Gasteiger charge is 2.21. The Morgan fingerprint density at radius 1 is 1.03 bits per heavy atom. The number of carbonyl (C=O) groups is 2. The van der Waals surface area contributed by atoms with Crippen LogP contribution in [0.1, 0.15) is 27.9 Å². The molecule has 3 rings (SSSR count). The molecular formula is C24H31N3O3. The van der Waals surface area contributed by atoms with Crippen LogP contribution in [0.5, 0.6) is 5.75 Å². The van der Waals surface area contributed by atoms with Gasteiger partial charge < -0.3 is 15.0 Å². The fourth-order valence-corrected chi connectivity index (χ4v) is 3.73. The van der Waals surface area contributed by atoms with Crippen LogP contribution in [-0.4, -0.2) is 68.0 Å². The zero-order chi connectivity index (χ0) is 21.3. The van der Waals surface area contributed by atoms with E-state index in [4.69, 9.17) is 4.74 Å². The Hall–Kier alpha value is -2.86. The Morgan fingerprint density at radius 2 is 1.87 bits per heavy atom. The van der Waals surface area contributed by atoms with Gasteiger partial charge in [0.05, 0.1) is 13.7 Å². The second-order valence-corrected chi connectivity index (χ2v) is 7.74. The fraction of sp³-hybridized carbons (Fsp3) is 0.417. The van der Waals surface area contributed by atoms with Crippen molar-refractivity contribution in [2.24, 2.45) is 0 Å². The predicted octanol–water partition coefficient (Wildman–Crippen LogP) is 2.51. The van der Waals surface area contributed by atoms with Crippen molar-refractivity contribution in [1.82, 2.24) is 15.1 Å². The van der Waals surface area contributed by atoms with Gasteiger partial charge in [-0.25, -0.2) is 0 Å². The first-order valence-corrected chi connectivity index (χ1v) is 10.5. The summed E-state index contributed by atoms with van der Waals surface area (Å²) >= 11 is 0. The first kappa shape index (κ1) is 21.8. The van der Waals surface area contributed by atoms with E-state index in [1.54, 1.807) is 7.11 Å². The summed E-state index contributed by atoms with van der Waals surface area (Å²) in [5.41, 5.74) is 2.95. The van der Waals surface area contributed by atoms with Crippen LogP contribution < -0.4 is 10.1 Å². The van der Waals surface area contributed by atoms with Crippen molar-refractivity contribution in [2.75, 3.05) is 46.4 Å². The van der Waals surface area contributed by atoms with E-state index in [1.165, 1.54) is 0 Å². The van der Waals surface area contributed by atoms with Crippen molar-refractivity contribution < 1.29 is 14.3 Å². The number of carbonyl (C=O) groups excluding carboxylic acids is 2. The maximum atomic E-state index is 12.8. The molecule has 0 bridgehead atoms. The van der Waals surface area contributed by atoms with Crippen LogP contribution in [0.4, 0.5) is 0 Å². The van der Waals surface area contributed by atoms with Gasteiger partial charge >= 0.3 is 0 Å². The number of hydrogen-bond donors (Lipinski definition) is 1. The van der Waals surface area contributed by atoms with Gasteiger partial charge in [-0.3, -0.25) is 14.5 Å². The molecule has 6 heteroatoms. The lowest BCUT2D eigenvalue weighted by molar-refractivity contribution is -0.122. The maximum Gasteiger partial charge on any atom is 0.253 e. The Labute approximate surface area is 178 Å². The van der Waals surface area contributed by atoms with Crippen LogP contribution in [-0.2, 0) is 11.2 Å². The number of ether oxygens (including phenoxy) is 1. The largest absolute Gasteiger partial charge is 0.497 e. The molecule has 0 spiro atoms. The summed E-state index contributed by atoms with van der Waals surface area (Å²) in [6, 6.07) is 15.6. The number of amides is 2. The van der Waals surface area contributed by atoms with Crippen molar-refractivity contribution in [3.05, 3.63) is 65.2 Å². The minimum Gasteiger partial charge on any atom is -0.497 e. The maximum absolute atomic E-state index is 12.8. The number of methoxy groups -OCH3 is 1. The van der Waals surface area contributed by atoms with Gasteiger partial charge in [0.25, 0.3) is 5.91 Å². The Morgan fingerprint density at radius 3 is 2.67 bits per heavy atom. The zero-order valence-corrected chi connectivity index (χ0v) is 17.9. The molecule has 0 unspecified atom stereocenters. The molecule has 6 nitrogen and oxygen atoms in total. The molecule has 160 valence electrons. The summed E-state index contributed by atoms with van der Waals surface area (Å²) in [6.07, 6.45) is 1.64. The molecule has 0 aromatic heterocycles. The van der Waals surface area contributed by atoms with E-state index >= 15 is 0 Å². The summed E-state index contributed by atoms with van der Waals surface area (Å²) in [5, 5.41) is 3.00. The summed E-state index contributed by atoms with van der Waals surface area (Å²) in [5.74, 6) is 0.924. The molecule has 1 fully saturated rings. The van der Waals surface area contributed by atoms with Gasteiger partial charge in [-0.15, -0.1) is 0 Å². The van der Waals surface area contributed by atoms with Crippen molar-refractivity contribution in [1.29, 1.82) is 0 Å². The Balaban J connectivity index is 1.42. The zero-order valence-electron chi connectivity index (χ0n) is 17.9. The van der Waals surface area contributed by atoms with E-state index in [9.17, 15) is 9.59 Å². The Bertz CT molecular complexity index is 868. The molecule has 2 amide bonds. The molecule has 0 saturated carbocycles. The normalized spacial score (nSPS) is 14.8. The van der Waals surface area contributed by atoms with Crippen LogP contribution >= 0.6 is 0 Å². The number of rotatable bonds is 7. The van der Waals surface area contributed by atoms with Gasteiger partial charge in [0.15, 0.2) is 0 Å². The third-order valence-electron chi connectivity index (χ3n) is 5.38. The summed E-state index contributed by atoms with van der Waals surface area (Å²) < 4.78 is 5.23. The molecule has 1 heterocycles. The van der Waals surface area contributed by atoms with Crippen molar-refractivity contribution in [2.45, 2.75) is 19.8 Å². The lowest BCUT2D eigenvalue weighted by atomic mass is 10.1. The van der Waals surface area contributed by atoms with Crippen LogP contribution in [0, 0.1) is 6.92 Å². The smallest absolute Gasteiger partial charge is 0.253 e. The number of nitrogens with one attached hydrogen (secondary N) is 1. The van der Waals surface area contributed by atoms with E-state index in [0.29, 0.717) is 26.2 Å². The van der Waals surface area contributed by atoms with E-state index in [2.05, 4.69) is 10.2 Å². The number of nitrogens with zero attached hydrogens (tertiary/aromatic N) is 2. The standard InChI is InChI=1S/C24H31N3O3/c1-19-6-3-8-21(16-19)24(29)27-13-5-12-26(14-15-27)18-23(28)25-11-10-20-7-4-9-22(17-20)30-2/h3-4,6-9,16-17H,5,10-15,18H2,1-2H3,(H,25,28). The fourth-order valence-electron chi connectivity index (χ4n) is 3.73. The highest BCUT2D eigenvalue weighted by Crippen LogP contribution is 2.13. The highest BCUT2D eigenvalue weighted by molar-refractivity contribution is 5.94. The molecule has 0 aliphatic carbocycles. The summed E-state index contributed by atoms with van der Waals surface area (Å²) in [6.45, 7) is 5.85. The molecule has 1 saturated heterocycles. The molecule has 2 aromatic carbocycles. The topological polar surface area (TPSA) is 61.9 Å². The molecule has 30 heavy (non-hydrogen) atoms.